The lowest BCUT2D eigenvalue weighted by Crippen LogP contribution is -2.45. The van der Waals surface area contributed by atoms with Crippen molar-refractivity contribution in [2.24, 2.45) is 7.05 Å². The van der Waals surface area contributed by atoms with Gasteiger partial charge in [0, 0.05) is 55.9 Å². The van der Waals surface area contributed by atoms with E-state index >= 15 is 0 Å². The number of ketones is 1. The summed E-state index contributed by atoms with van der Waals surface area (Å²) in [6.45, 7) is 6.45. The van der Waals surface area contributed by atoms with Crippen molar-refractivity contribution in [2.75, 3.05) is 32.7 Å². The number of Topliss-reactive ketones (excluding diaryl/α,β-unsaturated/α-hetero) is 1. The molecular formula is C16H21N3O. The molecule has 2 aromatic rings. The van der Waals surface area contributed by atoms with Gasteiger partial charge in [0.25, 0.3) is 0 Å². The van der Waals surface area contributed by atoms with E-state index < -0.39 is 0 Å². The summed E-state index contributed by atoms with van der Waals surface area (Å²) in [6, 6.07) is 6.29. The SMILES string of the molecule is Cc1ccc2c(c1)c(C(=O)CN1CCNCC1)cn2C. The quantitative estimate of drug-likeness (QED) is 0.861. The number of benzene rings is 1. The molecular weight excluding hydrogens is 250 g/mol. The lowest BCUT2D eigenvalue weighted by molar-refractivity contribution is 0.0923. The number of rotatable bonds is 3. The Morgan fingerprint density at radius 1 is 1.30 bits per heavy atom. The van der Waals surface area contributed by atoms with E-state index in [9.17, 15) is 4.79 Å². The van der Waals surface area contributed by atoms with Gasteiger partial charge < -0.3 is 9.88 Å². The number of aromatic nitrogens is 1. The van der Waals surface area contributed by atoms with Gasteiger partial charge >= 0.3 is 0 Å². The van der Waals surface area contributed by atoms with Gasteiger partial charge in [0.05, 0.1) is 6.54 Å². The van der Waals surface area contributed by atoms with Gasteiger partial charge in [0.1, 0.15) is 0 Å². The Balaban J connectivity index is 1.89. The lowest BCUT2D eigenvalue weighted by Gasteiger charge is -2.26. The van der Waals surface area contributed by atoms with Crippen LogP contribution in [-0.4, -0.2) is 48.0 Å². The molecule has 106 valence electrons. The molecule has 1 aliphatic rings. The van der Waals surface area contributed by atoms with Crippen LogP contribution < -0.4 is 5.32 Å². The summed E-state index contributed by atoms with van der Waals surface area (Å²) in [6.07, 6.45) is 1.97. The van der Waals surface area contributed by atoms with Gasteiger partial charge in [0.2, 0.25) is 0 Å². The normalized spacial score (nSPS) is 16.7. The van der Waals surface area contributed by atoms with Crippen LogP contribution in [0.15, 0.2) is 24.4 Å². The Morgan fingerprint density at radius 2 is 2.05 bits per heavy atom. The zero-order valence-corrected chi connectivity index (χ0v) is 12.1. The van der Waals surface area contributed by atoms with Gasteiger partial charge in [0.15, 0.2) is 5.78 Å². The molecule has 1 fully saturated rings. The summed E-state index contributed by atoms with van der Waals surface area (Å²) in [5.74, 6) is 0.225. The third-order valence-corrected chi connectivity index (χ3v) is 4.02. The molecule has 1 saturated heterocycles. The highest BCUT2D eigenvalue weighted by atomic mass is 16.1. The van der Waals surface area contributed by atoms with Crippen molar-refractivity contribution in [3.8, 4) is 0 Å². The van der Waals surface area contributed by atoms with E-state index in [1.165, 1.54) is 5.56 Å². The monoisotopic (exact) mass is 271 g/mol. The minimum Gasteiger partial charge on any atom is -0.350 e. The fourth-order valence-corrected chi connectivity index (χ4v) is 2.89. The van der Waals surface area contributed by atoms with E-state index in [1.54, 1.807) is 0 Å². The van der Waals surface area contributed by atoms with E-state index in [4.69, 9.17) is 0 Å². The molecule has 4 nitrogen and oxygen atoms in total. The maximum Gasteiger partial charge on any atom is 0.178 e. The van der Waals surface area contributed by atoms with Gasteiger partial charge in [-0.3, -0.25) is 9.69 Å². The van der Waals surface area contributed by atoms with Crippen LogP contribution in [0.25, 0.3) is 10.9 Å². The number of piperazine rings is 1. The van der Waals surface area contributed by atoms with Crippen molar-refractivity contribution < 1.29 is 4.79 Å². The van der Waals surface area contributed by atoms with Crippen LogP contribution in [0.4, 0.5) is 0 Å². The molecule has 0 amide bonds. The number of aryl methyl sites for hydroxylation is 2. The van der Waals surface area contributed by atoms with Crippen LogP contribution in [0.5, 0.6) is 0 Å². The van der Waals surface area contributed by atoms with Crippen molar-refractivity contribution in [3.05, 3.63) is 35.5 Å². The van der Waals surface area contributed by atoms with E-state index in [2.05, 4.69) is 35.3 Å². The van der Waals surface area contributed by atoms with Gasteiger partial charge in [-0.2, -0.15) is 0 Å². The molecule has 0 radical (unpaired) electrons. The third-order valence-electron chi connectivity index (χ3n) is 4.02. The molecule has 1 aliphatic heterocycles. The Labute approximate surface area is 119 Å². The second-order valence-electron chi connectivity index (χ2n) is 5.62. The van der Waals surface area contributed by atoms with Crippen molar-refractivity contribution in [1.82, 2.24) is 14.8 Å². The van der Waals surface area contributed by atoms with Crippen LogP contribution >= 0.6 is 0 Å². The van der Waals surface area contributed by atoms with Crippen molar-refractivity contribution in [2.45, 2.75) is 6.92 Å². The Kier molecular flexibility index (Phi) is 3.59. The lowest BCUT2D eigenvalue weighted by atomic mass is 10.1. The van der Waals surface area contributed by atoms with Crippen LogP contribution in [0, 0.1) is 6.92 Å². The molecule has 4 heteroatoms. The van der Waals surface area contributed by atoms with Crippen molar-refractivity contribution >= 4 is 16.7 Å². The number of nitrogens with one attached hydrogen (secondary N) is 1. The number of carbonyl (C=O) groups is 1. The molecule has 20 heavy (non-hydrogen) atoms. The average Bonchev–Trinajstić information content (AvgIpc) is 2.77. The molecule has 0 spiro atoms. The molecule has 0 bridgehead atoms. The Bertz CT molecular complexity index is 638. The zero-order chi connectivity index (χ0) is 14.1. The van der Waals surface area contributed by atoms with Crippen LogP contribution in [-0.2, 0) is 7.05 Å². The molecule has 0 aliphatic carbocycles. The van der Waals surface area contributed by atoms with Crippen molar-refractivity contribution in [1.29, 1.82) is 0 Å². The highest BCUT2D eigenvalue weighted by molar-refractivity contribution is 6.09. The first-order valence-electron chi connectivity index (χ1n) is 7.17. The smallest absolute Gasteiger partial charge is 0.178 e. The number of nitrogens with zero attached hydrogens (tertiary/aromatic N) is 2. The molecule has 1 N–H and O–H groups in total. The highest BCUT2D eigenvalue weighted by Gasteiger charge is 2.18. The van der Waals surface area contributed by atoms with Gasteiger partial charge in [-0.1, -0.05) is 11.6 Å². The largest absolute Gasteiger partial charge is 0.350 e. The third kappa shape index (κ3) is 2.49. The van der Waals surface area contributed by atoms with E-state index in [0.717, 1.165) is 42.6 Å². The summed E-state index contributed by atoms with van der Waals surface area (Å²) in [5.41, 5.74) is 3.17. The summed E-state index contributed by atoms with van der Waals surface area (Å²) in [4.78, 5) is 14.8. The minimum absolute atomic E-state index is 0.225. The Hall–Kier alpha value is -1.65. The summed E-state index contributed by atoms with van der Waals surface area (Å²) in [7, 11) is 2.00. The highest BCUT2D eigenvalue weighted by Crippen LogP contribution is 2.22. The van der Waals surface area contributed by atoms with Crippen molar-refractivity contribution in [3.63, 3.8) is 0 Å². The predicted molar refractivity (Wildman–Crippen MR) is 81.3 cm³/mol. The number of carbonyl (C=O) groups excluding carboxylic acids is 1. The first-order valence-corrected chi connectivity index (χ1v) is 7.17. The van der Waals surface area contributed by atoms with Crippen LogP contribution in [0.1, 0.15) is 15.9 Å². The maximum absolute atomic E-state index is 12.6. The second-order valence-corrected chi connectivity index (χ2v) is 5.62. The number of hydrogen-bond acceptors (Lipinski definition) is 3. The fraction of sp³-hybridized carbons (Fsp3) is 0.438. The molecule has 0 atom stereocenters. The summed E-state index contributed by atoms with van der Waals surface area (Å²) in [5, 5.41) is 4.39. The second kappa shape index (κ2) is 5.38. The van der Waals surface area contributed by atoms with E-state index in [0.29, 0.717) is 6.54 Å². The first-order chi connectivity index (χ1) is 9.65. The fourth-order valence-electron chi connectivity index (χ4n) is 2.89. The maximum atomic E-state index is 12.6. The number of hydrogen-bond donors (Lipinski definition) is 1. The summed E-state index contributed by atoms with van der Waals surface area (Å²) >= 11 is 0. The van der Waals surface area contributed by atoms with Gasteiger partial charge in [-0.15, -0.1) is 0 Å². The summed E-state index contributed by atoms with van der Waals surface area (Å²) < 4.78 is 2.04. The van der Waals surface area contributed by atoms with Gasteiger partial charge in [-0.25, -0.2) is 0 Å². The standard InChI is InChI=1S/C16H21N3O/c1-12-3-4-15-13(9-12)14(10-18(15)2)16(20)11-19-7-5-17-6-8-19/h3-4,9-10,17H,5-8,11H2,1-2H3. The first kappa shape index (κ1) is 13.3. The van der Waals surface area contributed by atoms with E-state index in [-0.39, 0.29) is 5.78 Å². The molecule has 3 rings (SSSR count). The molecule has 0 saturated carbocycles. The molecule has 0 unspecified atom stereocenters. The average molecular weight is 271 g/mol. The van der Waals surface area contributed by atoms with Gasteiger partial charge in [-0.05, 0) is 19.1 Å². The predicted octanol–water partition coefficient (Wildman–Crippen LogP) is 1.57. The molecule has 2 heterocycles. The minimum atomic E-state index is 0.225. The van der Waals surface area contributed by atoms with Crippen LogP contribution in [0.3, 0.4) is 0 Å². The number of fused-ring (bicyclic) bond motifs is 1. The zero-order valence-electron chi connectivity index (χ0n) is 12.1. The molecule has 1 aromatic carbocycles. The van der Waals surface area contributed by atoms with E-state index in [1.807, 2.05) is 17.8 Å². The van der Waals surface area contributed by atoms with Crippen LogP contribution in [0.2, 0.25) is 0 Å². The topological polar surface area (TPSA) is 37.3 Å². The molecule has 1 aromatic heterocycles. The Morgan fingerprint density at radius 3 is 2.80 bits per heavy atom.